The molecule has 1 aliphatic heterocycles. The van der Waals surface area contributed by atoms with E-state index in [1.165, 1.54) is 5.56 Å². The number of ether oxygens (including phenoxy) is 1. The number of Topliss-reactive ketones (excluding diaryl/α,β-unsaturated/α-hetero) is 1. The van der Waals surface area contributed by atoms with Crippen molar-refractivity contribution in [1.82, 2.24) is 14.5 Å². The maximum atomic E-state index is 12.8. The predicted molar refractivity (Wildman–Crippen MR) is 131 cm³/mol. The number of esters is 1. The molecule has 0 saturated carbocycles. The van der Waals surface area contributed by atoms with Gasteiger partial charge in [0.25, 0.3) is 0 Å². The second-order valence-corrected chi connectivity index (χ2v) is 9.09. The number of benzene rings is 1. The molecule has 34 heavy (non-hydrogen) atoms. The minimum absolute atomic E-state index is 0.172. The van der Waals surface area contributed by atoms with Crippen molar-refractivity contribution in [3.8, 4) is 0 Å². The topological polar surface area (TPSA) is 77.3 Å². The Hall–Kier alpha value is -3.19. The molecular formula is C26H29ClN4O3. The number of anilines is 1. The van der Waals surface area contributed by atoms with Gasteiger partial charge in [-0.1, -0.05) is 23.7 Å². The number of carbonyl (C=O) groups excluding carboxylic acids is 2. The first-order chi connectivity index (χ1) is 16.4. The molecule has 1 fully saturated rings. The summed E-state index contributed by atoms with van der Waals surface area (Å²) in [6.07, 6.45) is 5.57. The Bertz CT molecular complexity index is 1140. The summed E-state index contributed by atoms with van der Waals surface area (Å²) in [6.45, 7) is 5.82. The van der Waals surface area contributed by atoms with Crippen LogP contribution in [-0.4, -0.2) is 46.0 Å². The molecule has 0 radical (unpaired) electrons. The van der Waals surface area contributed by atoms with Gasteiger partial charge in [0.15, 0.2) is 6.61 Å². The Labute approximate surface area is 204 Å². The molecule has 1 saturated heterocycles. The van der Waals surface area contributed by atoms with Crippen LogP contribution in [0.25, 0.3) is 0 Å². The maximum Gasteiger partial charge on any atom is 0.309 e. The number of nitrogens with zero attached hydrogens (tertiary/aromatic N) is 4. The average molecular weight is 481 g/mol. The lowest BCUT2D eigenvalue weighted by Crippen LogP contribution is -2.38. The highest BCUT2D eigenvalue weighted by molar-refractivity contribution is 6.30. The van der Waals surface area contributed by atoms with Gasteiger partial charge in [-0.3, -0.25) is 9.59 Å². The fourth-order valence-corrected chi connectivity index (χ4v) is 4.55. The fourth-order valence-electron chi connectivity index (χ4n) is 4.42. The van der Waals surface area contributed by atoms with E-state index in [9.17, 15) is 9.59 Å². The van der Waals surface area contributed by atoms with Crippen LogP contribution in [0.4, 0.5) is 5.95 Å². The Morgan fingerprint density at radius 3 is 2.44 bits per heavy atom. The van der Waals surface area contributed by atoms with Crippen LogP contribution < -0.4 is 4.90 Å². The van der Waals surface area contributed by atoms with Crippen molar-refractivity contribution in [3.63, 3.8) is 0 Å². The molecule has 4 rings (SSSR count). The number of hydrogen-bond acceptors (Lipinski definition) is 6. The second-order valence-electron chi connectivity index (χ2n) is 8.65. The van der Waals surface area contributed by atoms with Gasteiger partial charge in [0.2, 0.25) is 11.7 Å². The van der Waals surface area contributed by atoms with Crippen LogP contribution in [-0.2, 0) is 22.5 Å². The monoisotopic (exact) mass is 480 g/mol. The lowest BCUT2D eigenvalue weighted by atomic mass is 9.97. The zero-order chi connectivity index (χ0) is 24.1. The Kier molecular flexibility index (Phi) is 7.63. The molecule has 1 aromatic carbocycles. The number of aromatic nitrogens is 3. The smallest absolute Gasteiger partial charge is 0.309 e. The number of aryl methyl sites for hydroxylation is 2. The number of piperidine rings is 1. The van der Waals surface area contributed by atoms with Crippen molar-refractivity contribution in [2.75, 3.05) is 24.6 Å². The van der Waals surface area contributed by atoms with Gasteiger partial charge >= 0.3 is 5.97 Å². The molecular weight excluding hydrogens is 452 g/mol. The average Bonchev–Trinajstić information content (AvgIpc) is 3.15. The van der Waals surface area contributed by atoms with Crippen LogP contribution in [0.2, 0.25) is 5.02 Å². The summed E-state index contributed by atoms with van der Waals surface area (Å²) < 4.78 is 7.55. The van der Waals surface area contributed by atoms with E-state index >= 15 is 0 Å². The van der Waals surface area contributed by atoms with Crippen LogP contribution in [0.3, 0.4) is 0 Å². The quantitative estimate of drug-likeness (QED) is 0.350. The van der Waals surface area contributed by atoms with E-state index in [4.69, 9.17) is 16.3 Å². The second kappa shape index (κ2) is 10.8. The highest BCUT2D eigenvalue weighted by Crippen LogP contribution is 2.22. The summed E-state index contributed by atoms with van der Waals surface area (Å²) in [5.41, 5.74) is 3.70. The molecule has 0 spiro atoms. The first-order valence-electron chi connectivity index (χ1n) is 11.6. The van der Waals surface area contributed by atoms with Crippen LogP contribution in [0.5, 0.6) is 0 Å². The van der Waals surface area contributed by atoms with Crippen molar-refractivity contribution in [1.29, 1.82) is 0 Å². The minimum atomic E-state index is -0.307. The first-order valence-corrected chi connectivity index (χ1v) is 11.9. The summed E-state index contributed by atoms with van der Waals surface area (Å²) in [5, 5.41) is 0.718. The van der Waals surface area contributed by atoms with Gasteiger partial charge in [-0.05, 0) is 62.9 Å². The van der Waals surface area contributed by atoms with Gasteiger partial charge in [0.1, 0.15) is 0 Å². The van der Waals surface area contributed by atoms with Crippen molar-refractivity contribution in [2.45, 2.75) is 39.7 Å². The number of ketones is 1. The van der Waals surface area contributed by atoms with Crippen molar-refractivity contribution >= 4 is 29.3 Å². The van der Waals surface area contributed by atoms with Gasteiger partial charge in [0.05, 0.1) is 5.92 Å². The zero-order valence-corrected chi connectivity index (χ0v) is 20.3. The summed E-state index contributed by atoms with van der Waals surface area (Å²) in [6, 6.07) is 11.5. The minimum Gasteiger partial charge on any atom is -0.457 e. The molecule has 1 aliphatic rings. The molecule has 0 atom stereocenters. The molecule has 0 aliphatic carbocycles. The summed E-state index contributed by atoms with van der Waals surface area (Å²) in [4.78, 5) is 36.0. The third kappa shape index (κ3) is 5.65. The summed E-state index contributed by atoms with van der Waals surface area (Å²) >= 11 is 5.97. The molecule has 0 unspecified atom stereocenters. The SMILES string of the molecule is Cc1cc(C(=O)COC(=O)C2CCN(c3ncccn3)CC2)c(C)n1CCc1ccc(Cl)cc1. The highest BCUT2D eigenvalue weighted by Gasteiger charge is 2.28. The normalized spacial score (nSPS) is 14.3. The third-order valence-corrected chi connectivity index (χ3v) is 6.67. The van der Waals surface area contributed by atoms with Crippen molar-refractivity contribution in [3.05, 3.63) is 76.3 Å². The lowest BCUT2D eigenvalue weighted by Gasteiger charge is -2.30. The first kappa shape index (κ1) is 24.0. The van der Waals surface area contributed by atoms with Crippen LogP contribution in [0.1, 0.15) is 40.2 Å². The highest BCUT2D eigenvalue weighted by atomic mass is 35.5. The maximum absolute atomic E-state index is 12.8. The standard InChI is InChI=1S/C26H29ClN4O3/c1-18-16-23(19(2)31(18)15-8-20-4-6-22(27)7-5-20)24(32)17-34-25(33)21-9-13-30(14-10-21)26-28-11-3-12-29-26/h3-7,11-12,16,21H,8-10,13-15,17H2,1-2H3. The molecule has 0 amide bonds. The predicted octanol–water partition coefficient (Wildman–Crippen LogP) is 4.43. The molecule has 0 N–H and O–H groups in total. The molecule has 3 heterocycles. The number of hydrogen-bond donors (Lipinski definition) is 0. The van der Waals surface area contributed by atoms with Crippen molar-refractivity contribution in [2.24, 2.45) is 5.92 Å². The van der Waals surface area contributed by atoms with E-state index in [2.05, 4.69) is 19.4 Å². The molecule has 8 heteroatoms. The largest absolute Gasteiger partial charge is 0.457 e. The van der Waals surface area contributed by atoms with Crippen molar-refractivity contribution < 1.29 is 14.3 Å². The third-order valence-electron chi connectivity index (χ3n) is 6.42. The Morgan fingerprint density at radius 1 is 1.09 bits per heavy atom. The van der Waals surface area contributed by atoms with E-state index in [1.807, 2.05) is 44.2 Å². The van der Waals surface area contributed by atoms with Crippen LogP contribution >= 0.6 is 11.6 Å². The number of halogens is 1. The van der Waals surface area contributed by atoms with Gasteiger partial charge in [-0.25, -0.2) is 9.97 Å². The van der Waals surface area contributed by atoms with Gasteiger partial charge in [-0.2, -0.15) is 0 Å². The van der Waals surface area contributed by atoms with Gasteiger partial charge in [0, 0.05) is 54.0 Å². The van der Waals surface area contributed by atoms with E-state index in [-0.39, 0.29) is 24.3 Å². The molecule has 178 valence electrons. The van der Waals surface area contributed by atoms with Crippen LogP contribution in [0.15, 0.2) is 48.8 Å². The van der Waals surface area contributed by atoms with E-state index in [0.29, 0.717) is 37.4 Å². The van der Waals surface area contributed by atoms with Gasteiger partial charge in [-0.15, -0.1) is 0 Å². The lowest BCUT2D eigenvalue weighted by molar-refractivity contribution is -0.148. The van der Waals surface area contributed by atoms with E-state index < -0.39 is 0 Å². The van der Waals surface area contributed by atoms with Gasteiger partial charge < -0.3 is 14.2 Å². The van der Waals surface area contributed by atoms with E-state index in [1.54, 1.807) is 18.5 Å². The number of rotatable bonds is 8. The molecule has 7 nitrogen and oxygen atoms in total. The van der Waals surface area contributed by atoms with Crippen LogP contribution in [0, 0.1) is 19.8 Å². The molecule has 3 aromatic rings. The Morgan fingerprint density at radius 2 is 1.76 bits per heavy atom. The number of carbonyl (C=O) groups is 2. The molecule has 0 bridgehead atoms. The fraction of sp³-hybridized carbons (Fsp3) is 0.385. The van der Waals surface area contributed by atoms with E-state index in [0.717, 1.165) is 29.4 Å². The summed E-state index contributed by atoms with van der Waals surface area (Å²) in [5.74, 6) is -0.0108. The Balaban J connectivity index is 1.28. The molecule has 2 aromatic heterocycles. The zero-order valence-electron chi connectivity index (χ0n) is 19.5. The summed E-state index contributed by atoms with van der Waals surface area (Å²) in [7, 11) is 0.